The zero-order valence-corrected chi connectivity index (χ0v) is 12.7. The van der Waals surface area contributed by atoms with Crippen molar-refractivity contribution in [1.29, 1.82) is 0 Å². The molecule has 1 aliphatic rings. The highest BCUT2D eigenvalue weighted by atomic mass is 32.2. The fourth-order valence-electron chi connectivity index (χ4n) is 2.77. The fraction of sp³-hybridized carbons (Fsp3) is 0.429. The van der Waals surface area contributed by atoms with E-state index in [0.29, 0.717) is 29.1 Å². The van der Waals surface area contributed by atoms with E-state index < -0.39 is 10.0 Å². The van der Waals surface area contributed by atoms with Gasteiger partial charge < -0.3 is 15.5 Å². The molecule has 1 aromatic heterocycles. The molecule has 6 nitrogen and oxygen atoms in total. The normalized spacial score (nSPS) is 18.3. The number of nitrogens with two attached hydrogens (primary N) is 1. The number of anilines is 1. The molecule has 7 heteroatoms. The van der Waals surface area contributed by atoms with Crippen LogP contribution in [0.2, 0.25) is 0 Å². The molecular formula is C14H19N3O3S. The lowest BCUT2D eigenvalue weighted by Gasteiger charge is -2.30. The zero-order chi connectivity index (χ0) is 15.0. The van der Waals surface area contributed by atoms with Crippen molar-refractivity contribution >= 4 is 26.6 Å². The maximum absolute atomic E-state index is 12.8. The van der Waals surface area contributed by atoms with Gasteiger partial charge in [0.15, 0.2) is 0 Å². The first-order chi connectivity index (χ1) is 10.0. The Morgan fingerprint density at radius 2 is 2.05 bits per heavy atom. The van der Waals surface area contributed by atoms with Crippen molar-refractivity contribution in [1.82, 2.24) is 9.29 Å². The Labute approximate surface area is 123 Å². The van der Waals surface area contributed by atoms with Gasteiger partial charge in [-0.2, -0.15) is 4.31 Å². The number of nitrogens with one attached hydrogen (secondary N) is 1. The highest BCUT2D eigenvalue weighted by molar-refractivity contribution is 7.89. The monoisotopic (exact) mass is 309 g/mol. The maximum atomic E-state index is 12.8. The number of rotatable bonds is 3. The first-order valence-corrected chi connectivity index (χ1v) is 8.36. The van der Waals surface area contributed by atoms with Gasteiger partial charge in [-0.05, 0) is 31.0 Å². The summed E-state index contributed by atoms with van der Waals surface area (Å²) < 4.78 is 32.4. The molecule has 2 aromatic rings. The van der Waals surface area contributed by atoms with Crippen LogP contribution in [0.4, 0.5) is 5.69 Å². The first-order valence-electron chi connectivity index (χ1n) is 6.92. The number of aromatic nitrogens is 1. The highest BCUT2D eigenvalue weighted by Gasteiger charge is 2.31. The number of nitrogen functional groups attached to an aromatic ring is 1. The molecule has 0 saturated carbocycles. The van der Waals surface area contributed by atoms with Gasteiger partial charge in [0.25, 0.3) is 0 Å². The van der Waals surface area contributed by atoms with Crippen LogP contribution in [-0.2, 0) is 14.8 Å². The number of sulfonamides is 1. The minimum Gasteiger partial charge on any atom is -0.399 e. The maximum Gasteiger partial charge on any atom is 0.245 e. The molecule has 1 saturated heterocycles. The van der Waals surface area contributed by atoms with Crippen molar-refractivity contribution in [2.45, 2.75) is 23.8 Å². The van der Waals surface area contributed by atoms with Crippen molar-refractivity contribution in [2.24, 2.45) is 0 Å². The Bertz CT molecular complexity index is 746. The number of methoxy groups -OCH3 is 1. The van der Waals surface area contributed by atoms with Crippen LogP contribution < -0.4 is 5.73 Å². The Hall–Kier alpha value is -1.57. The summed E-state index contributed by atoms with van der Waals surface area (Å²) in [6.45, 7) is 0.964. The molecule has 1 aromatic carbocycles. The predicted molar refractivity (Wildman–Crippen MR) is 81.5 cm³/mol. The number of hydrogen-bond donors (Lipinski definition) is 2. The molecule has 0 radical (unpaired) electrons. The van der Waals surface area contributed by atoms with Crippen LogP contribution in [0.15, 0.2) is 29.3 Å². The number of piperidine rings is 1. The van der Waals surface area contributed by atoms with E-state index in [1.807, 2.05) is 0 Å². The molecule has 0 spiro atoms. The lowest BCUT2D eigenvalue weighted by molar-refractivity contribution is 0.0604. The van der Waals surface area contributed by atoms with E-state index in [1.165, 1.54) is 4.31 Å². The second-order valence-corrected chi connectivity index (χ2v) is 7.20. The molecule has 1 aliphatic heterocycles. The molecule has 1 fully saturated rings. The Kier molecular flexibility index (Phi) is 3.64. The summed E-state index contributed by atoms with van der Waals surface area (Å²) >= 11 is 0. The van der Waals surface area contributed by atoms with Crippen LogP contribution in [0, 0.1) is 0 Å². The van der Waals surface area contributed by atoms with Crippen LogP contribution in [0.1, 0.15) is 12.8 Å². The van der Waals surface area contributed by atoms with Crippen molar-refractivity contribution in [3.63, 3.8) is 0 Å². The predicted octanol–water partition coefficient (Wildman–Crippen LogP) is 1.55. The minimum absolute atomic E-state index is 0.148. The molecule has 3 N–H and O–H groups in total. The van der Waals surface area contributed by atoms with Gasteiger partial charge in [-0.15, -0.1) is 0 Å². The smallest absolute Gasteiger partial charge is 0.245 e. The second kappa shape index (κ2) is 5.32. The highest BCUT2D eigenvalue weighted by Crippen LogP contribution is 2.29. The number of benzene rings is 1. The summed E-state index contributed by atoms with van der Waals surface area (Å²) in [5, 5.41) is 0.642. The van der Waals surface area contributed by atoms with Gasteiger partial charge >= 0.3 is 0 Å². The standard InChI is InChI=1S/C14H19N3O3S/c1-20-11-4-6-17(7-5-11)21(18,19)14-9-16-13-3-2-10(15)8-12(13)14/h2-3,8-9,11,16H,4-7,15H2,1H3. The van der Waals surface area contributed by atoms with Crippen molar-refractivity contribution in [3.8, 4) is 0 Å². The molecule has 0 aliphatic carbocycles. The van der Waals surface area contributed by atoms with E-state index in [4.69, 9.17) is 10.5 Å². The van der Waals surface area contributed by atoms with E-state index >= 15 is 0 Å². The second-order valence-electron chi connectivity index (χ2n) is 5.30. The lowest BCUT2D eigenvalue weighted by atomic mass is 10.1. The largest absolute Gasteiger partial charge is 0.399 e. The quantitative estimate of drug-likeness (QED) is 0.842. The first kappa shape index (κ1) is 14.4. The van der Waals surface area contributed by atoms with Crippen molar-refractivity contribution in [2.75, 3.05) is 25.9 Å². The van der Waals surface area contributed by atoms with Gasteiger partial charge in [0.2, 0.25) is 10.0 Å². The molecule has 0 atom stereocenters. The van der Waals surface area contributed by atoms with E-state index in [-0.39, 0.29) is 6.10 Å². The van der Waals surface area contributed by atoms with E-state index in [9.17, 15) is 8.42 Å². The Morgan fingerprint density at radius 1 is 1.33 bits per heavy atom. The Morgan fingerprint density at radius 3 is 2.71 bits per heavy atom. The lowest BCUT2D eigenvalue weighted by Crippen LogP contribution is -2.40. The summed E-state index contributed by atoms with van der Waals surface area (Å²) in [6, 6.07) is 5.24. The summed E-state index contributed by atoms with van der Waals surface area (Å²) in [6.07, 6.45) is 3.14. The summed E-state index contributed by atoms with van der Waals surface area (Å²) in [7, 11) is -1.84. The number of aromatic amines is 1. The number of hydrogen-bond acceptors (Lipinski definition) is 4. The summed E-state index contributed by atoms with van der Waals surface area (Å²) in [5.41, 5.74) is 7.10. The molecular weight excluding hydrogens is 290 g/mol. The molecule has 2 heterocycles. The third-order valence-electron chi connectivity index (χ3n) is 4.02. The van der Waals surface area contributed by atoms with Crippen molar-refractivity contribution in [3.05, 3.63) is 24.4 Å². The molecule has 0 bridgehead atoms. The molecule has 3 rings (SSSR count). The fourth-order valence-corrected chi connectivity index (χ4v) is 4.40. The molecule has 0 unspecified atom stereocenters. The topological polar surface area (TPSA) is 88.4 Å². The van der Waals surface area contributed by atoms with Crippen LogP contribution in [-0.4, -0.2) is 44.0 Å². The van der Waals surface area contributed by atoms with Gasteiger partial charge in [-0.1, -0.05) is 0 Å². The third kappa shape index (κ3) is 2.52. The van der Waals surface area contributed by atoms with E-state index in [2.05, 4.69) is 4.98 Å². The van der Waals surface area contributed by atoms with E-state index in [1.54, 1.807) is 31.5 Å². The van der Waals surface area contributed by atoms with Crippen LogP contribution in [0.25, 0.3) is 10.9 Å². The SMILES string of the molecule is COC1CCN(S(=O)(=O)c2c[nH]c3ccc(N)cc23)CC1. The average Bonchev–Trinajstić information content (AvgIpc) is 2.91. The Balaban J connectivity index is 1.95. The van der Waals surface area contributed by atoms with Gasteiger partial charge in [0.1, 0.15) is 4.90 Å². The van der Waals surface area contributed by atoms with Gasteiger partial charge in [0.05, 0.1) is 6.10 Å². The van der Waals surface area contributed by atoms with Crippen LogP contribution >= 0.6 is 0 Å². The van der Waals surface area contributed by atoms with Gasteiger partial charge in [-0.3, -0.25) is 0 Å². The number of H-pyrrole nitrogens is 1. The average molecular weight is 309 g/mol. The third-order valence-corrected chi connectivity index (χ3v) is 5.96. The number of ether oxygens (including phenoxy) is 1. The van der Waals surface area contributed by atoms with E-state index in [0.717, 1.165) is 18.4 Å². The summed E-state index contributed by atoms with van der Waals surface area (Å²) in [4.78, 5) is 3.29. The number of nitrogens with zero attached hydrogens (tertiary/aromatic N) is 1. The van der Waals surface area contributed by atoms with Gasteiger partial charge in [0, 0.05) is 43.0 Å². The number of fused-ring (bicyclic) bond motifs is 1. The summed E-state index contributed by atoms with van der Waals surface area (Å²) in [5.74, 6) is 0. The zero-order valence-electron chi connectivity index (χ0n) is 11.9. The molecule has 0 amide bonds. The van der Waals surface area contributed by atoms with Crippen LogP contribution in [0.3, 0.4) is 0 Å². The van der Waals surface area contributed by atoms with Gasteiger partial charge in [-0.25, -0.2) is 8.42 Å². The van der Waals surface area contributed by atoms with Crippen molar-refractivity contribution < 1.29 is 13.2 Å². The molecule has 114 valence electrons. The molecule has 21 heavy (non-hydrogen) atoms. The minimum atomic E-state index is -3.50. The van der Waals surface area contributed by atoms with Crippen LogP contribution in [0.5, 0.6) is 0 Å².